The fraction of sp³-hybridized carbons (Fsp3) is 0.455. The summed E-state index contributed by atoms with van der Waals surface area (Å²) < 4.78 is 0. The van der Waals surface area contributed by atoms with Crippen molar-refractivity contribution in [1.82, 2.24) is 4.98 Å². The molecule has 4 nitrogen and oxygen atoms in total. The minimum atomic E-state index is -0.950. The summed E-state index contributed by atoms with van der Waals surface area (Å²) in [5.41, 5.74) is 0.0772. The van der Waals surface area contributed by atoms with Crippen molar-refractivity contribution >= 4 is 11.8 Å². The summed E-state index contributed by atoms with van der Waals surface area (Å²) in [5.74, 6) is -0.452. The minimum Gasteiger partial charge on any atom is -0.478 e. The van der Waals surface area contributed by atoms with Crippen LogP contribution in [0, 0.1) is 0 Å². The predicted octanol–water partition coefficient (Wildman–Crippen LogP) is 2.01. The number of hydrogen-bond acceptors (Lipinski definition) is 3. The highest BCUT2D eigenvalue weighted by molar-refractivity contribution is 5.93. The zero-order valence-electron chi connectivity index (χ0n) is 9.48. The van der Waals surface area contributed by atoms with Gasteiger partial charge in [0.15, 0.2) is 0 Å². The Bertz CT molecular complexity index is 369. The summed E-state index contributed by atoms with van der Waals surface area (Å²) in [5, 5.41) is 9.01. The summed E-state index contributed by atoms with van der Waals surface area (Å²) in [6.45, 7) is 6.02. The van der Waals surface area contributed by atoms with E-state index in [4.69, 9.17) is 5.11 Å². The van der Waals surface area contributed by atoms with Gasteiger partial charge in [-0.05, 0) is 32.9 Å². The van der Waals surface area contributed by atoms with E-state index in [2.05, 4.69) is 4.98 Å². The Morgan fingerprint density at radius 3 is 2.53 bits per heavy atom. The van der Waals surface area contributed by atoms with Crippen LogP contribution in [-0.2, 0) is 0 Å². The van der Waals surface area contributed by atoms with Crippen LogP contribution in [0.25, 0.3) is 0 Å². The lowest BCUT2D eigenvalue weighted by atomic mass is 10.1. The SMILES string of the molecule is CN(c1ncccc1C(=O)O)C(C)(C)C. The second-order valence-electron chi connectivity index (χ2n) is 4.41. The van der Waals surface area contributed by atoms with Crippen LogP contribution in [0.15, 0.2) is 18.3 Å². The second kappa shape index (κ2) is 3.88. The van der Waals surface area contributed by atoms with Crippen LogP contribution in [0.2, 0.25) is 0 Å². The van der Waals surface area contributed by atoms with E-state index < -0.39 is 5.97 Å². The molecule has 1 aromatic rings. The number of hydrogen-bond donors (Lipinski definition) is 1. The number of aromatic carboxylic acids is 1. The summed E-state index contributed by atoms with van der Waals surface area (Å²) in [6.07, 6.45) is 1.60. The molecule has 0 unspecified atom stereocenters. The Morgan fingerprint density at radius 1 is 1.47 bits per heavy atom. The number of carboxylic acid groups (broad SMARTS) is 1. The first-order valence-corrected chi connectivity index (χ1v) is 4.76. The first-order valence-electron chi connectivity index (χ1n) is 4.76. The van der Waals surface area contributed by atoms with Gasteiger partial charge in [-0.3, -0.25) is 0 Å². The van der Waals surface area contributed by atoms with Crippen LogP contribution in [0.3, 0.4) is 0 Å². The van der Waals surface area contributed by atoms with E-state index in [0.717, 1.165) is 0 Å². The molecule has 0 aromatic carbocycles. The van der Waals surface area contributed by atoms with E-state index in [1.165, 1.54) is 0 Å². The number of pyridine rings is 1. The zero-order chi connectivity index (χ0) is 11.6. The Hall–Kier alpha value is -1.58. The largest absolute Gasteiger partial charge is 0.478 e. The standard InChI is InChI=1S/C11H16N2O2/c1-11(2,3)13(4)9-8(10(14)15)6-5-7-12-9/h5-7H,1-4H3,(H,14,15). The number of aromatic nitrogens is 1. The zero-order valence-corrected chi connectivity index (χ0v) is 9.48. The normalized spacial score (nSPS) is 11.2. The van der Waals surface area contributed by atoms with Crippen LogP contribution in [0.5, 0.6) is 0 Å². The van der Waals surface area contributed by atoms with Gasteiger partial charge in [-0.25, -0.2) is 9.78 Å². The Labute approximate surface area is 89.6 Å². The number of rotatable bonds is 2. The lowest BCUT2D eigenvalue weighted by molar-refractivity contribution is 0.0697. The van der Waals surface area contributed by atoms with Crippen molar-refractivity contribution in [3.63, 3.8) is 0 Å². The molecule has 0 aliphatic rings. The quantitative estimate of drug-likeness (QED) is 0.807. The molecular weight excluding hydrogens is 192 g/mol. The molecule has 1 aromatic heterocycles. The highest BCUT2D eigenvalue weighted by Crippen LogP contribution is 2.22. The molecule has 4 heteroatoms. The minimum absolute atomic E-state index is 0.154. The van der Waals surface area contributed by atoms with Gasteiger partial charge in [0.25, 0.3) is 0 Å². The molecule has 1 rings (SSSR count). The fourth-order valence-electron chi connectivity index (χ4n) is 1.15. The summed E-state index contributed by atoms with van der Waals surface area (Å²) >= 11 is 0. The molecule has 82 valence electrons. The maximum absolute atomic E-state index is 11.0. The van der Waals surface area contributed by atoms with Crippen LogP contribution < -0.4 is 4.90 Å². The van der Waals surface area contributed by atoms with Crippen molar-refractivity contribution in [1.29, 1.82) is 0 Å². The Kier molecular flexibility index (Phi) is 2.98. The number of carbonyl (C=O) groups is 1. The summed E-state index contributed by atoms with van der Waals surface area (Å²) in [4.78, 5) is 17.0. The third-order valence-electron chi connectivity index (χ3n) is 2.34. The van der Waals surface area contributed by atoms with Crippen molar-refractivity contribution in [3.8, 4) is 0 Å². The highest BCUT2D eigenvalue weighted by atomic mass is 16.4. The van der Waals surface area contributed by atoms with Crippen LogP contribution in [0.4, 0.5) is 5.82 Å². The average Bonchev–Trinajstić information content (AvgIpc) is 2.15. The molecule has 1 N–H and O–H groups in total. The van der Waals surface area contributed by atoms with Gasteiger partial charge >= 0.3 is 5.97 Å². The van der Waals surface area contributed by atoms with Crippen molar-refractivity contribution in [2.45, 2.75) is 26.3 Å². The lowest BCUT2D eigenvalue weighted by Crippen LogP contribution is -2.39. The van der Waals surface area contributed by atoms with Crippen molar-refractivity contribution in [2.75, 3.05) is 11.9 Å². The molecule has 0 aliphatic carbocycles. The Morgan fingerprint density at radius 2 is 2.07 bits per heavy atom. The van der Waals surface area contributed by atoms with Crippen molar-refractivity contribution in [2.24, 2.45) is 0 Å². The number of anilines is 1. The van der Waals surface area contributed by atoms with Gasteiger partial charge in [0.2, 0.25) is 0 Å². The fourth-order valence-corrected chi connectivity index (χ4v) is 1.15. The van der Waals surface area contributed by atoms with E-state index in [1.54, 1.807) is 18.3 Å². The topological polar surface area (TPSA) is 53.4 Å². The highest BCUT2D eigenvalue weighted by Gasteiger charge is 2.22. The summed E-state index contributed by atoms with van der Waals surface area (Å²) in [6, 6.07) is 3.19. The maximum Gasteiger partial charge on any atom is 0.339 e. The molecule has 0 radical (unpaired) electrons. The van der Waals surface area contributed by atoms with Gasteiger partial charge in [0.1, 0.15) is 11.4 Å². The van der Waals surface area contributed by atoms with E-state index in [1.807, 2.05) is 32.7 Å². The molecule has 0 saturated heterocycles. The third kappa shape index (κ3) is 2.46. The van der Waals surface area contributed by atoms with Crippen LogP contribution in [0.1, 0.15) is 31.1 Å². The molecular formula is C11H16N2O2. The maximum atomic E-state index is 11.0. The molecule has 0 aliphatic heterocycles. The lowest BCUT2D eigenvalue weighted by Gasteiger charge is -2.33. The predicted molar refractivity (Wildman–Crippen MR) is 59.4 cm³/mol. The summed E-state index contributed by atoms with van der Waals surface area (Å²) in [7, 11) is 1.84. The smallest absolute Gasteiger partial charge is 0.339 e. The molecule has 0 saturated carbocycles. The van der Waals surface area contributed by atoms with E-state index in [9.17, 15) is 4.79 Å². The van der Waals surface area contributed by atoms with E-state index in [-0.39, 0.29) is 11.1 Å². The van der Waals surface area contributed by atoms with Crippen LogP contribution >= 0.6 is 0 Å². The first-order chi connectivity index (χ1) is 6.84. The number of carboxylic acids is 1. The molecule has 0 fully saturated rings. The Balaban J connectivity index is 3.19. The average molecular weight is 208 g/mol. The number of nitrogens with zero attached hydrogens (tertiary/aromatic N) is 2. The molecule has 0 bridgehead atoms. The molecule has 0 amide bonds. The van der Waals surface area contributed by atoms with Gasteiger partial charge < -0.3 is 10.0 Å². The molecule has 1 heterocycles. The first kappa shape index (κ1) is 11.5. The van der Waals surface area contributed by atoms with Gasteiger partial charge in [0.05, 0.1) is 0 Å². The van der Waals surface area contributed by atoms with E-state index >= 15 is 0 Å². The third-order valence-corrected chi connectivity index (χ3v) is 2.34. The molecule has 0 atom stereocenters. The monoisotopic (exact) mass is 208 g/mol. The second-order valence-corrected chi connectivity index (χ2v) is 4.41. The van der Waals surface area contributed by atoms with Crippen molar-refractivity contribution < 1.29 is 9.90 Å². The van der Waals surface area contributed by atoms with Gasteiger partial charge in [-0.2, -0.15) is 0 Å². The van der Waals surface area contributed by atoms with E-state index in [0.29, 0.717) is 5.82 Å². The van der Waals surface area contributed by atoms with Gasteiger partial charge in [-0.1, -0.05) is 0 Å². The van der Waals surface area contributed by atoms with Gasteiger partial charge in [-0.15, -0.1) is 0 Å². The molecule has 0 spiro atoms. The van der Waals surface area contributed by atoms with Crippen molar-refractivity contribution in [3.05, 3.63) is 23.9 Å². The van der Waals surface area contributed by atoms with Gasteiger partial charge in [0, 0.05) is 18.8 Å². The van der Waals surface area contributed by atoms with Crippen LogP contribution in [-0.4, -0.2) is 28.6 Å². The molecule has 15 heavy (non-hydrogen) atoms.